The lowest BCUT2D eigenvalue weighted by molar-refractivity contribution is 0.0951. The molecule has 1 N–H and O–H groups in total. The van der Waals surface area contributed by atoms with Gasteiger partial charge in [-0.1, -0.05) is 24.3 Å². The highest BCUT2D eigenvalue weighted by Gasteiger charge is 2.05. The molecule has 2 aromatic carbocycles. The van der Waals surface area contributed by atoms with Crippen LogP contribution < -0.4 is 5.32 Å². The van der Waals surface area contributed by atoms with E-state index in [1.807, 2.05) is 60.8 Å². The average Bonchev–Trinajstić information content (AvgIpc) is 3.16. The number of hydrogen-bond donors (Lipinski definition) is 1. The number of amides is 1. The summed E-state index contributed by atoms with van der Waals surface area (Å²) in [6.07, 6.45) is 5.72. The molecular weight excluding hydrogens is 318 g/mol. The second kappa shape index (κ2) is 7.84. The lowest BCUT2D eigenvalue weighted by Gasteiger charge is -2.07. The molecule has 4 nitrogen and oxygen atoms in total. The van der Waals surface area contributed by atoms with Gasteiger partial charge in [0.2, 0.25) is 0 Å². The standard InChI is InChI=1S/C19H19N3OS/c1-24-14-16-3-7-17(8-4-16)19(23)20-13-15-5-9-18(10-6-15)22-12-2-11-21-22/h2-12H,13-14H2,1H3,(H,20,23). The molecule has 24 heavy (non-hydrogen) atoms. The van der Waals surface area contributed by atoms with Gasteiger partial charge in [0, 0.05) is 30.3 Å². The maximum atomic E-state index is 12.2. The maximum Gasteiger partial charge on any atom is 0.251 e. The van der Waals surface area contributed by atoms with Gasteiger partial charge in [-0.3, -0.25) is 4.79 Å². The fourth-order valence-corrected chi connectivity index (χ4v) is 2.92. The summed E-state index contributed by atoms with van der Waals surface area (Å²) in [4.78, 5) is 12.2. The highest BCUT2D eigenvalue weighted by molar-refractivity contribution is 7.97. The smallest absolute Gasteiger partial charge is 0.251 e. The molecule has 0 aliphatic carbocycles. The molecule has 122 valence electrons. The summed E-state index contributed by atoms with van der Waals surface area (Å²) in [5.74, 6) is 0.909. The number of carbonyl (C=O) groups excluding carboxylic acids is 1. The first-order valence-corrected chi connectivity index (χ1v) is 9.10. The molecule has 3 aromatic rings. The molecule has 1 heterocycles. The Balaban J connectivity index is 1.57. The molecule has 0 saturated heterocycles. The third kappa shape index (κ3) is 4.06. The Morgan fingerprint density at radius 1 is 1.08 bits per heavy atom. The monoisotopic (exact) mass is 337 g/mol. The van der Waals surface area contributed by atoms with Gasteiger partial charge in [-0.15, -0.1) is 0 Å². The largest absolute Gasteiger partial charge is 0.348 e. The van der Waals surface area contributed by atoms with Gasteiger partial charge in [-0.25, -0.2) is 4.68 Å². The first-order chi connectivity index (χ1) is 11.8. The second-order valence-electron chi connectivity index (χ2n) is 5.43. The van der Waals surface area contributed by atoms with Crippen LogP contribution in [0.4, 0.5) is 0 Å². The summed E-state index contributed by atoms with van der Waals surface area (Å²) in [7, 11) is 0. The minimum Gasteiger partial charge on any atom is -0.348 e. The second-order valence-corrected chi connectivity index (χ2v) is 6.30. The van der Waals surface area contributed by atoms with E-state index < -0.39 is 0 Å². The fourth-order valence-electron chi connectivity index (χ4n) is 2.39. The van der Waals surface area contributed by atoms with Crippen LogP contribution in [-0.4, -0.2) is 21.9 Å². The molecule has 3 rings (SSSR count). The van der Waals surface area contributed by atoms with Gasteiger partial charge in [0.05, 0.1) is 5.69 Å². The van der Waals surface area contributed by atoms with Crippen molar-refractivity contribution < 1.29 is 4.79 Å². The van der Waals surface area contributed by atoms with Gasteiger partial charge in [-0.05, 0) is 47.7 Å². The number of thioether (sulfide) groups is 1. The Morgan fingerprint density at radius 2 is 1.79 bits per heavy atom. The zero-order valence-electron chi connectivity index (χ0n) is 13.5. The minimum atomic E-state index is -0.0538. The number of nitrogens with zero attached hydrogens (tertiary/aromatic N) is 2. The Labute approximate surface area is 145 Å². The third-order valence-electron chi connectivity index (χ3n) is 3.69. The summed E-state index contributed by atoms with van der Waals surface area (Å²) >= 11 is 1.77. The predicted octanol–water partition coefficient (Wildman–Crippen LogP) is 3.67. The molecule has 0 unspecified atom stereocenters. The highest BCUT2D eigenvalue weighted by Crippen LogP contribution is 2.11. The molecule has 1 amide bonds. The SMILES string of the molecule is CSCc1ccc(C(=O)NCc2ccc(-n3cccn3)cc2)cc1. The Hall–Kier alpha value is -2.53. The third-order valence-corrected chi connectivity index (χ3v) is 4.31. The van der Waals surface area contributed by atoms with Crippen molar-refractivity contribution in [2.45, 2.75) is 12.3 Å². The van der Waals surface area contributed by atoms with Gasteiger partial charge in [-0.2, -0.15) is 16.9 Å². The molecule has 0 aliphatic heterocycles. The van der Waals surface area contributed by atoms with Gasteiger partial charge >= 0.3 is 0 Å². The molecule has 0 saturated carbocycles. The summed E-state index contributed by atoms with van der Waals surface area (Å²) in [5, 5.41) is 7.15. The summed E-state index contributed by atoms with van der Waals surface area (Å²) in [6, 6.07) is 17.6. The van der Waals surface area contributed by atoms with Crippen molar-refractivity contribution in [1.29, 1.82) is 0 Å². The van der Waals surface area contributed by atoms with Crippen LogP contribution in [0.5, 0.6) is 0 Å². The van der Waals surface area contributed by atoms with Crippen LogP contribution in [0, 0.1) is 0 Å². The Kier molecular flexibility index (Phi) is 5.33. The summed E-state index contributed by atoms with van der Waals surface area (Å²) in [5.41, 5.74) is 3.97. The van der Waals surface area contributed by atoms with Gasteiger partial charge < -0.3 is 5.32 Å². The van der Waals surface area contributed by atoms with Crippen molar-refractivity contribution in [3.63, 3.8) is 0 Å². The molecule has 0 fully saturated rings. The van der Waals surface area contributed by atoms with E-state index in [9.17, 15) is 4.79 Å². The molecule has 0 atom stereocenters. The summed E-state index contributed by atoms with van der Waals surface area (Å²) < 4.78 is 1.80. The molecular formula is C19H19N3OS. The van der Waals surface area contributed by atoms with E-state index in [0.29, 0.717) is 12.1 Å². The van der Waals surface area contributed by atoms with Crippen molar-refractivity contribution in [1.82, 2.24) is 15.1 Å². The zero-order chi connectivity index (χ0) is 16.8. The van der Waals surface area contributed by atoms with Crippen molar-refractivity contribution in [2.24, 2.45) is 0 Å². The Bertz CT molecular complexity index is 780. The highest BCUT2D eigenvalue weighted by atomic mass is 32.2. The number of benzene rings is 2. The lowest BCUT2D eigenvalue weighted by atomic mass is 10.1. The Morgan fingerprint density at radius 3 is 2.42 bits per heavy atom. The number of rotatable bonds is 6. The van der Waals surface area contributed by atoms with E-state index in [0.717, 1.165) is 17.0 Å². The van der Waals surface area contributed by atoms with Crippen LogP contribution in [0.3, 0.4) is 0 Å². The van der Waals surface area contributed by atoms with Crippen LogP contribution in [-0.2, 0) is 12.3 Å². The number of nitrogens with one attached hydrogen (secondary N) is 1. The van der Waals surface area contributed by atoms with E-state index >= 15 is 0 Å². The zero-order valence-corrected chi connectivity index (χ0v) is 14.3. The van der Waals surface area contributed by atoms with Gasteiger partial charge in [0.25, 0.3) is 5.91 Å². The van der Waals surface area contributed by atoms with E-state index in [1.165, 1.54) is 5.56 Å². The average molecular weight is 337 g/mol. The quantitative estimate of drug-likeness (QED) is 0.746. The van der Waals surface area contributed by atoms with Crippen molar-refractivity contribution in [3.05, 3.63) is 83.7 Å². The van der Waals surface area contributed by atoms with Crippen molar-refractivity contribution in [2.75, 3.05) is 6.26 Å². The topological polar surface area (TPSA) is 46.9 Å². The first-order valence-electron chi connectivity index (χ1n) is 7.71. The van der Waals surface area contributed by atoms with Gasteiger partial charge in [0.15, 0.2) is 0 Å². The molecule has 5 heteroatoms. The maximum absolute atomic E-state index is 12.2. The fraction of sp³-hybridized carbons (Fsp3) is 0.158. The molecule has 0 bridgehead atoms. The molecule has 0 spiro atoms. The molecule has 1 aromatic heterocycles. The van der Waals surface area contributed by atoms with E-state index in [2.05, 4.69) is 16.7 Å². The van der Waals surface area contributed by atoms with Crippen LogP contribution in [0.1, 0.15) is 21.5 Å². The van der Waals surface area contributed by atoms with Crippen molar-refractivity contribution in [3.8, 4) is 5.69 Å². The predicted molar refractivity (Wildman–Crippen MR) is 98.4 cm³/mol. The van der Waals surface area contributed by atoms with E-state index in [1.54, 1.807) is 22.6 Å². The first kappa shape index (κ1) is 16.3. The molecule has 0 radical (unpaired) electrons. The lowest BCUT2D eigenvalue weighted by Crippen LogP contribution is -2.22. The normalized spacial score (nSPS) is 10.5. The van der Waals surface area contributed by atoms with Crippen LogP contribution >= 0.6 is 11.8 Å². The minimum absolute atomic E-state index is 0.0538. The van der Waals surface area contributed by atoms with Crippen LogP contribution in [0.15, 0.2) is 67.0 Å². The molecule has 0 aliphatic rings. The van der Waals surface area contributed by atoms with Crippen LogP contribution in [0.25, 0.3) is 5.69 Å². The van der Waals surface area contributed by atoms with Gasteiger partial charge in [0.1, 0.15) is 0 Å². The summed E-state index contributed by atoms with van der Waals surface area (Å²) in [6.45, 7) is 0.505. The van der Waals surface area contributed by atoms with E-state index in [-0.39, 0.29) is 5.91 Å². The van der Waals surface area contributed by atoms with Crippen molar-refractivity contribution >= 4 is 17.7 Å². The van der Waals surface area contributed by atoms with E-state index in [4.69, 9.17) is 0 Å². The number of carbonyl (C=O) groups is 1. The van der Waals surface area contributed by atoms with Crippen LogP contribution in [0.2, 0.25) is 0 Å². The number of aromatic nitrogens is 2. The number of hydrogen-bond acceptors (Lipinski definition) is 3.